The Bertz CT molecular complexity index is 1080. The molecule has 1 N–H and O–H groups in total. The van der Waals surface area contributed by atoms with Gasteiger partial charge in [0.1, 0.15) is 0 Å². The number of hydrogen-bond acceptors (Lipinski definition) is 7. The molecule has 0 bridgehead atoms. The lowest BCUT2D eigenvalue weighted by Crippen LogP contribution is -2.40. The van der Waals surface area contributed by atoms with Crippen LogP contribution in [0.3, 0.4) is 0 Å². The largest absolute Gasteiger partial charge is 0.379 e. The van der Waals surface area contributed by atoms with E-state index in [4.69, 9.17) is 9.47 Å². The monoisotopic (exact) mass is 477 g/mol. The van der Waals surface area contributed by atoms with Crippen LogP contribution in [0.1, 0.15) is 10.4 Å². The molecule has 1 aromatic carbocycles. The summed E-state index contributed by atoms with van der Waals surface area (Å²) < 4.78 is 38.4. The minimum atomic E-state index is -3.68. The van der Waals surface area contributed by atoms with E-state index < -0.39 is 10.0 Å². The van der Waals surface area contributed by atoms with E-state index in [-0.39, 0.29) is 10.8 Å². The second-order valence-corrected chi connectivity index (χ2v) is 10.5. The normalized spacial score (nSPS) is 18.2. The van der Waals surface area contributed by atoms with Crippen LogP contribution >= 0.6 is 11.3 Å². The van der Waals surface area contributed by atoms with Gasteiger partial charge in [-0.2, -0.15) is 4.31 Å². The molecule has 10 heteroatoms. The fraction of sp³-hybridized carbons (Fsp3) is 0.409. The molecule has 4 rings (SSSR count). The SMILES string of the molecule is Cc1ccsc1/C=C/C(=O)Nc1cc(S(=O)(=O)N2CCOCC2)ccc1N1CCOCC1. The van der Waals surface area contributed by atoms with Crippen LogP contribution in [0.2, 0.25) is 0 Å². The minimum absolute atomic E-state index is 0.157. The van der Waals surface area contributed by atoms with Crippen molar-refractivity contribution in [1.82, 2.24) is 4.31 Å². The number of nitrogens with zero attached hydrogens (tertiary/aromatic N) is 2. The van der Waals surface area contributed by atoms with Crippen LogP contribution in [-0.2, 0) is 24.3 Å². The van der Waals surface area contributed by atoms with Gasteiger partial charge in [0.2, 0.25) is 15.9 Å². The molecule has 32 heavy (non-hydrogen) atoms. The lowest BCUT2D eigenvalue weighted by Gasteiger charge is -2.31. The molecule has 0 unspecified atom stereocenters. The lowest BCUT2D eigenvalue weighted by molar-refractivity contribution is -0.111. The van der Waals surface area contributed by atoms with E-state index in [9.17, 15) is 13.2 Å². The summed E-state index contributed by atoms with van der Waals surface area (Å²) in [5.74, 6) is -0.312. The van der Waals surface area contributed by atoms with E-state index in [2.05, 4.69) is 10.2 Å². The molecule has 172 valence electrons. The van der Waals surface area contributed by atoms with Gasteiger partial charge in [-0.25, -0.2) is 8.42 Å². The molecule has 8 nitrogen and oxygen atoms in total. The fourth-order valence-corrected chi connectivity index (χ4v) is 5.93. The average molecular weight is 478 g/mol. The highest BCUT2D eigenvalue weighted by atomic mass is 32.2. The zero-order valence-electron chi connectivity index (χ0n) is 18.0. The summed E-state index contributed by atoms with van der Waals surface area (Å²) in [5.41, 5.74) is 2.36. The number of ether oxygens (including phenoxy) is 2. The van der Waals surface area contributed by atoms with E-state index in [1.807, 2.05) is 18.4 Å². The lowest BCUT2D eigenvalue weighted by atomic mass is 10.2. The van der Waals surface area contributed by atoms with Crippen LogP contribution in [0.25, 0.3) is 6.08 Å². The highest BCUT2D eigenvalue weighted by Gasteiger charge is 2.28. The van der Waals surface area contributed by atoms with E-state index >= 15 is 0 Å². The van der Waals surface area contributed by atoms with Crippen molar-refractivity contribution in [3.05, 3.63) is 46.2 Å². The molecule has 2 aromatic rings. The second-order valence-electron chi connectivity index (χ2n) is 7.59. The van der Waals surface area contributed by atoms with Crippen molar-refractivity contribution in [2.75, 3.05) is 62.8 Å². The van der Waals surface area contributed by atoms with Gasteiger partial charge in [0.15, 0.2) is 0 Å². The molecule has 2 aliphatic rings. The number of nitrogens with one attached hydrogen (secondary N) is 1. The summed E-state index contributed by atoms with van der Waals surface area (Å²) in [6.45, 7) is 5.88. The summed E-state index contributed by atoms with van der Waals surface area (Å²) in [4.78, 5) is 16.0. The van der Waals surface area contributed by atoms with Gasteiger partial charge in [-0.3, -0.25) is 4.79 Å². The maximum Gasteiger partial charge on any atom is 0.248 e. The van der Waals surface area contributed by atoms with Crippen molar-refractivity contribution in [3.8, 4) is 0 Å². The molecular weight excluding hydrogens is 450 g/mol. The number of amides is 1. The van der Waals surface area contributed by atoms with E-state index in [1.54, 1.807) is 35.6 Å². The molecule has 2 fully saturated rings. The maximum atomic E-state index is 13.1. The van der Waals surface area contributed by atoms with E-state index in [1.165, 1.54) is 10.4 Å². The fourth-order valence-electron chi connectivity index (χ4n) is 3.67. The van der Waals surface area contributed by atoms with Crippen molar-refractivity contribution >= 4 is 44.7 Å². The Kier molecular flexibility index (Phi) is 7.27. The third-order valence-electron chi connectivity index (χ3n) is 5.47. The van der Waals surface area contributed by atoms with Crippen LogP contribution in [0.15, 0.2) is 40.6 Å². The number of sulfonamides is 1. The summed E-state index contributed by atoms with van der Waals surface area (Å²) in [6.07, 6.45) is 3.25. The van der Waals surface area contributed by atoms with Crippen LogP contribution in [0.5, 0.6) is 0 Å². The number of hydrogen-bond donors (Lipinski definition) is 1. The Morgan fingerprint density at radius 1 is 1.06 bits per heavy atom. The van der Waals surface area contributed by atoms with Gasteiger partial charge in [-0.05, 0) is 48.2 Å². The van der Waals surface area contributed by atoms with E-state index in [0.717, 1.165) is 16.1 Å². The van der Waals surface area contributed by atoms with Crippen molar-refractivity contribution in [1.29, 1.82) is 0 Å². The second kappa shape index (κ2) is 10.1. The first-order valence-electron chi connectivity index (χ1n) is 10.5. The number of carbonyl (C=O) groups excluding carboxylic acids is 1. The first-order chi connectivity index (χ1) is 15.4. The first-order valence-corrected chi connectivity index (χ1v) is 12.8. The highest BCUT2D eigenvalue weighted by molar-refractivity contribution is 7.89. The smallest absolute Gasteiger partial charge is 0.248 e. The summed E-state index contributed by atoms with van der Waals surface area (Å²) in [6, 6.07) is 6.92. The first kappa shape index (κ1) is 22.9. The van der Waals surface area contributed by atoms with Crippen LogP contribution < -0.4 is 10.2 Å². The predicted molar refractivity (Wildman–Crippen MR) is 126 cm³/mol. The molecule has 2 saturated heterocycles. The van der Waals surface area contributed by atoms with Gasteiger partial charge in [-0.1, -0.05) is 0 Å². The van der Waals surface area contributed by atoms with Gasteiger partial charge in [0.05, 0.1) is 42.7 Å². The standard InChI is InChI=1S/C22H27N3O5S2/c1-17-6-15-31-21(17)4-5-22(26)23-19-16-18(32(27,28)25-9-13-30-14-10-25)2-3-20(19)24-7-11-29-12-8-24/h2-6,15-16H,7-14H2,1H3,(H,23,26)/b5-4+. The van der Waals surface area contributed by atoms with Gasteiger partial charge in [0, 0.05) is 37.1 Å². The number of benzene rings is 1. The Labute approximate surface area is 192 Å². The molecule has 2 aliphatic heterocycles. The molecule has 0 atom stereocenters. The molecule has 0 radical (unpaired) electrons. The number of anilines is 2. The third-order valence-corrected chi connectivity index (χ3v) is 8.35. The average Bonchev–Trinajstić information content (AvgIpc) is 3.23. The number of rotatable bonds is 6. The minimum Gasteiger partial charge on any atom is -0.379 e. The van der Waals surface area contributed by atoms with Crippen molar-refractivity contribution in [2.45, 2.75) is 11.8 Å². The molecule has 0 spiro atoms. The molecular formula is C22H27N3O5S2. The Hall–Kier alpha value is -2.24. The van der Waals surface area contributed by atoms with Crippen molar-refractivity contribution in [3.63, 3.8) is 0 Å². The van der Waals surface area contributed by atoms with Gasteiger partial charge in [-0.15, -0.1) is 11.3 Å². The van der Waals surface area contributed by atoms with Crippen LogP contribution in [0, 0.1) is 6.92 Å². The number of thiophene rings is 1. The predicted octanol–water partition coefficient (Wildman–Crippen LogP) is 2.57. The van der Waals surface area contributed by atoms with E-state index in [0.29, 0.717) is 58.3 Å². The quantitative estimate of drug-likeness (QED) is 0.644. The molecule has 0 saturated carbocycles. The third kappa shape index (κ3) is 5.21. The Morgan fingerprint density at radius 3 is 2.41 bits per heavy atom. The zero-order valence-corrected chi connectivity index (χ0v) is 19.6. The number of carbonyl (C=O) groups is 1. The van der Waals surface area contributed by atoms with Gasteiger partial charge in [0.25, 0.3) is 0 Å². The van der Waals surface area contributed by atoms with Crippen LogP contribution in [-0.4, -0.2) is 71.2 Å². The molecule has 0 aliphatic carbocycles. The van der Waals surface area contributed by atoms with Gasteiger partial charge >= 0.3 is 0 Å². The maximum absolute atomic E-state index is 13.1. The summed E-state index contributed by atoms with van der Waals surface area (Å²) in [5, 5.41) is 4.87. The summed E-state index contributed by atoms with van der Waals surface area (Å²) >= 11 is 1.56. The Morgan fingerprint density at radius 2 is 1.75 bits per heavy atom. The Balaban J connectivity index is 1.62. The molecule has 1 amide bonds. The van der Waals surface area contributed by atoms with Crippen LogP contribution in [0.4, 0.5) is 11.4 Å². The van der Waals surface area contributed by atoms with Crippen molar-refractivity contribution < 1.29 is 22.7 Å². The number of morpholine rings is 2. The number of aryl methyl sites for hydroxylation is 1. The van der Waals surface area contributed by atoms with Gasteiger partial charge < -0.3 is 19.7 Å². The molecule has 3 heterocycles. The van der Waals surface area contributed by atoms with Crippen molar-refractivity contribution in [2.24, 2.45) is 0 Å². The summed E-state index contributed by atoms with van der Waals surface area (Å²) in [7, 11) is -3.68. The zero-order chi connectivity index (χ0) is 22.6. The molecule has 1 aromatic heterocycles. The highest BCUT2D eigenvalue weighted by Crippen LogP contribution is 2.31. The topological polar surface area (TPSA) is 88.2 Å².